The standard InChI is InChI=1S/C16H19BrN2O5/c1-9-11(5-4-10(17)12(9)13(20)24-3)18-15(23)19-7-6-16(2,8-19)14(21)22/h4-5H,6-8H2,1-3H3,(H,18,23)(H,21,22). The number of aliphatic carboxylic acids is 1. The van der Waals surface area contributed by atoms with Crippen molar-refractivity contribution >= 4 is 39.6 Å². The van der Waals surface area contributed by atoms with E-state index in [1.807, 2.05) is 0 Å². The van der Waals surface area contributed by atoms with Crippen LogP contribution >= 0.6 is 15.9 Å². The number of amides is 2. The minimum atomic E-state index is -0.927. The minimum absolute atomic E-state index is 0.146. The van der Waals surface area contributed by atoms with Gasteiger partial charge >= 0.3 is 18.0 Å². The second-order valence-electron chi connectivity index (χ2n) is 6.05. The first kappa shape index (κ1) is 18.3. The SMILES string of the molecule is COC(=O)c1c(Br)ccc(NC(=O)N2CCC(C)(C(=O)O)C2)c1C. The van der Waals surface area contributed by atoms with E-state index in [0.29, 0.717) is 34.3 Å². The van der Waals surface area contributed by atoms with Crippen LogP contribution in [0.1, 0.15) is 29.3 Å². The van der Waals surface area contributed by atoms with Gasteiger partial charge in [0.1, 0.15) is 0 Å². The monoisotopic (exact) mass is 398 g/mol. The molecule has 1 aromatic carbocycles. The first-order valence-electron chi connectivity index (χ1n) is 7.36. The average Bonchev–Trinajstić information content (AvgIpc) is 2.94. The molecule has 0 saturated carbocycles. The molecule has 0 aliphatic carbocycles. The number of urea groups is 1. The lowest BCUT2D eigenvalue weighted by molar-refractivity contribution is -0.146. The van der Waals surface area contributed by atoms with E-state index in [0.717, 1.165) is 0 Å². The van der Waals surface area contributed by atoms with Crippen LogP contribution in [0.25, 0.3) is 0 Å². The number of nitrogens with one attached hydrogen (secondary N) is 1. The molecule has 0 aromatic heterocycles. The highest BCUT2D eigenvalue weighted by Gasteiger charge is 2.42. The molecule has 2 rings (SSSR count). The lowest BCUT2D eigenvalue weighted by Crippen LogP contribution is -2.37. The number of anilines is 1. The molecule has 0 spiro atoms. The van der Waals surface area contributed by atoms with Crippen molar-refractivity contribution < 1.29 is 24.2 Å². The van der Waals surface area contributed by atoms with E-state index in [2.05, 4.69) is 21.2 Å². The van der Waals surface area contributed by atoms with Crippen LogP contribution in [0.4, 0.5) is 10.5 Å². The molecule has 0 bridgehead atoms. The molecule has 2 N–H and O–H groups in total. The summed E-state index contributed by atoms with van der Waals surface area (Å²) in [5, 5.41) is 12.0. The summed E-state index contributed by atoms with van der Waals surface area (Å²) in [6, 6.07) is 2.94. The quantitative estimate of drug-likeness (QED) is 0.763. The van der Waals surface area contributed by atoms with Gasteiger partial charge in [0.05, 0.1) is 18.1 Å². The maximum Gasteiger partial charge on any atom is 0.339 e. The van der Waals surface area contributed by atoms with Crippen LogP contribution < -0.4 is 5.32 Å². The van der Waals surface area contributed by atoms with Crippen molar-refractivity contribution in [2.75, 3.05) is 25.5 Å². The molecule has 1 aliphatic heterocycles. The number of halogens is 1. The fraction of sp³-hybridized carbons (Fsp3) is 0.438. The van der Waals surface area contributed by atoms with Gasteiger partial charge in [0.2, 0.25) is 0 Å². The number of carboxylic acid groups (broad SMARTS) is 1. The van der Waals surface area contributed by atoms with E-state index in [-0.39, 0.29) is 12.6 Å². The third-order valence-electron chi connectivity index (χ3n) is 4.32. The van der Waals surface area contributed by atoms with Gasteiger partial charge in [-0.05, 0) is 53.9 Å². The first-order chi connectivity index (χ1) is 11.2. The number of benzene rings is 1. The zero-order valence-corrected chi connectivity index (χ0v) is 15.3. The normalized spacial score (nSPS) is 19.9. The number of nitrogens with zero attached hydrogens (tertiary/aromatic N) is 1. The summed E-state index contributed by atoms with van der Waals surface area (Å²) in [5.74, 6) is -1.42. The van der Waals surface area contributed by atoms with Crippen molar-refractivity contribution in [2.24, 2.45) is 5.41 Å². The number of carboxylic acids is 1. The van der Waals surface area contributed by atoms with Gasteiger partial charge in [-0.2, -0.15) is 0 Å². The molecule has 2 amide bonds. The highest BCUT2D eigenvalue weighted by Crippen LogP contribution is 2.31. The Hall–Kier alpha value is -2.09. The summed E-state index contributed by atoms with van der Waals surface area (Å²) >= 11 is 3.30. The van der Waals surface area contributed by atoms with Crippen molar-refractivity contribution in [3.63, 3.8) is 0 Å². The molecule has 1 unspecified atom stereocenters. The van der Waals surface area contributed by atoms with Crippen LogP contribution in [0, 0.1) is 12.3 Å². The van der Waals surface area contributed by atoms with Crippen molar-refractivity contribution in [1.29, 1.82) is 0 Å². The molecule has 0 radical (unpaired) electrons. The molecule has 7 nitrogen and oxygen atoms in total. The Bertz CT molecular complexity index is 706. The summed E-state index contributed by atoms with van der Waals surface area (Å²) < 4.78 is 5.33. The Morgan fingerprint density at radius 3 is 2.58 bits per heavy atom. The van der Waals surface area contributed by atoms with Gasteiger partial charge in [-0.1, -0.05) is 0 Å². The molecule has 1 heterocycles. The molecule has 130 valence electrons. The third-order valence-corrected chi connectivity index (χ3v) is 4.98. The molecular formula is C16H19BrN2O5. The van der Waals surface area contributed by atoms with Crippen molar-refractivity contribution in [1.82, 2.24) is 4.90 Å². The van der Waals surface area contributed by atoms with Gasteiger partial charge in [0, 0.05) is 23.2 Å². The second kappa shape index (κ2) is 6.80. The fourth-order valence-corrected chi connectivity index (χ4v) is 3.26. The number of carbonyl (C=O) groups excluding carboxylic acids is 2. The number of likely N-dealkylation sites (tertiary alicyclic amines) is 1. The summed E-state index contributed by atoms with van der Waals surface area (Å²) in [4.78, 5) is 37.0. The highest BCUT2D eigenvalue weighted by atomic mass is 79.9. The summed E-state index contributed by atoms with van der Waals surface area (Å²) in [5.41, 5.74) is 0.466. The molecular weight excluding hydrogens is 380 g/mol. The Kier molecular flexibility index (Phi) is 5.17. The maximum absolute atomic E-state index is 12.4. The number of hydrogen-bond donors (Lipinski definition) is 2. The van der Waals surface area contributed by atoms with Crippen molar-refractivity contribution in [3.8, 4) is 0 Å². The smallest absolute Gasteiger partial charge is 0.339 e. The number of methoxy groups -OCH3 is 1. The molecule has 1 atom stereocenters. The van der Waals surface area contributed by atoms with Gasteiger partial charge < -0.3 is 20.1 Å². The van der Waals surface area contributed by atoms with Gasteiger partial charge in [0.25, 0.3) is 0 Å². The number of esters is 1. The first-order valence-corrected chi connectivity index (χ1v) is 8.15. The van der Waals surface area contributed by atoms with Crippen LogP contribution in [-0.2, 0) is 9.53 Å². The number of carbonyl (C=O) groups is 3. The van der Waals surface area contributed by atoms with E-state index in [4.69, 9.17) is 4.74 Å². The predicted octanol–water partition coefficient (Wildman–Crippen LogP) is 2.87. The number of rotatable bonds is 3. The molecule has 1 saturated heterocycles. The predicted molar refractivity (Wildman–Crippen MR) is 91.2 cm³/mol. The van der Waals surface area contributed by atoms with Crippen LogP contribution in [-0.4, -0.2) is 48.2 Å². The van der Waals surface area contributed by atoms with Gasteiger partial charge in [-0.15, -0.1) is 0 Å². The Balaban J connectivity index is 2.19. The highest BCUT2D eigenvalue weighted by molar-refractivity contribution is 9.10. The van der Waals surface area contributed by atoms with E-state index in [1.165, 1.54) is 12.0 Å². The lowest BCUT2D eigenvalue weighted by atomic mass is 9.90. The summed E-state index contributed by atoms with van der Waals surface area (Å²) in [7, 11) is 1.29. The van der Waals surface area contributed by atoms with Crippen LogP contribution in [0.2, 0.25) is 0 Å². The lowest BCUT2D eigenvalue weighted by Gasteiger charge is -2.21. The van der Waals surface area contributed by atoms with E-state index < -0.39 is 17.4 Å². The minimum Gasteiger partial charge on any atom is -0.481 e. The molecule has 1 aliphatic rings. The van der Waals surface area contributed by atoms with Crippen LogP contribution in [0.5, 0.6) is 0 Å². The average molecular weight is 399 g/mol. The largest absolute Gasteiger partial charge is 0.481 e. The molecule has 1 fully saturated rings. The molecule has 1 aromatic rings. The van der Waals surface area contributed by atoms with E-state index in [1.54, 1.807) is 26.0 Å². The zero-order chi connectivity index (χ0) is 18.1. The van der Waals surface area contributed by atoms with E-state index >= 15 is 0 Å². The molecule has 24 heavy (non-hydrogen) atoms. The van der Waals surface area contributed by atoms with Crippen molar-refractivity contribution in [2.45, 2.75) is 20.3 Å². The van der Waals surface area contributed by atoms with Gasteiger partial charge in [-0.25, -0.2) is 9.59 Å². The second-order valence-corrected chi connectivity index (χ2v) is 6.91. The Labute approximate surface area is 148 Å². The third kappa shape index (κ3) is 3.38. The number of ether oxygens (including phenoxy) is 1. The summed E-state index contributed by atoms with van der Waals surface area (Å²) in [6.45, 7) is 3.85. The molecule has 8 heteroatoms. The van der Waals surface area contributed by atoms with E-state index in [9.17, 15) is 19.5 Å². The van der Waals surface area contributed by atoms with Gasteiger partial charge in [0.15, 0.2) is 0 Å². The van der Waals surface area contributed by atoms with Crippen LogP contribution in [0.3, 0.4) is 0 Å². The zero-order valence-electron chi connectivity index (χ0n) is 13.7. The maximum atomic E-state index is 12.4. The van der Waals surface area contributed by atoms with Crippen LogP contribution in [0.15, 0.2) is 16.6 Å². The topological polar surface area (TPSA) is 95.9 Å². The van der Waals surface area contributed by atoms with Crippen molar-refractivity contribution in [3.05, 3.63) is 27.7 Å². The summed E-state index contributed by atoms with van der Waals surface area (Å²) in [6.07, 6.45) is 0.405. The Morgan fingerprint density at radius 2 is 2.04 bits per heavy atom. The Morgan fingerprint density at radius 1 is 1.38 bits per heavy atom. The number of hydrogen-bond acceptors (Lipinski definition) is 4. The van der Waals surface area contributed by atoms with Gasteiger partial charge in [-0.3, -0.25) is 4.79 Å². The fourth-order valence-electron chi connectivity index (χ4n) is 2.67.